The number of ketones is 1. The second-order valence-corrected chi connectivity index (χ2v) is 7.99. The van der Waals surface area contributed by atoms with Gasteiger partial charge in [0.1, 0.15) is 11.9 Å². The fourth-order valence-corrected chi connectivity index (χ4v) is 4.34. The number of aromatic carboxylic acids is 1. The van der Waals surface area contributed by atoms with Crippen LogP contribution in [-0.4, -0.2) is 36.8 Å². The Hall–Kier alpha value is -4.07. The molecule has 2 aromatic heterocycles. The predicted molar refractivity (Wildman–Crippen MR) is 115 cm³/mol. The lowest BCUT2D eigenvalue weighted by Gasteiger charge is -2.29. The zero-order valence-electron chi connectivity index (χ0n) is 17.2. The van der Waals surface area contributed by atoms with Crippen molar-refractivity contribution in [2.75, 3.05) is 0 Å². The maximum atomic E-state index is 13.6. The lowest BCUT2D eigenvalue weighted by Crippen LogP contribution is -2.28. The fraction of sp³-hybridized carbons (Fsp3) is 0.167. The first kappa shape index (κ1) is 19.9. The molecule has 0 bridgehead atoms. The van der Waals surface area contributed by atoms with Gasteiger partial charge in [0.25, 0.3) is 0 Å². The Morgan fingerprint density at radius 2 is 1.97 bits per heavy atom. The molecule has 0 saturated heterocycles. The van der Waals surface area contributed by atoms with Gasteiger partial charge in [0.15, 0.2) is 11.5 Å². The molecule has 1 unspecified atom stereocenters. The lowest BCUT2D eigenvalue weighted by molar-refractivity contribution is -0.115. The van der Waals surface area contributed by atoms with Gasteiger partial charge in [-0.1, -0.05) is 23.8 Å². The van der Waals surface area contributed by atoms with Gasteiger partial charge in [-0.15, -0.1) is 0 Å². The van der Waals surface area contributed by atoms with Crippen molar-refractivity contribution >= 4 is 22.7 Å². The minimum absolute atomic E-state index is 0.0842. The molecule has 5 rings (SSSR count). The molecule has 2 aromatic carbocycles. The van der Waals surface area contributed by atoms with E-state index >= 15 is 0 Å². The summed E-state index contributed by atoms with van der Waals surface area (Å²) in [7, 11) is 0. The van der Waals surface area contributed by atoms with E-state index in [1.807, 2.05) is 25.1 Å². The van der Waals surface area contributed by atoms with Crippen molar-refractivity contribution in [3.8, 4) is 0 Å². The zero-order valence-corrected chi connectivity index (χ0v) is 17.2. The van der Waals surface area contributed by atoms with Crippen molar-refractivity contribution < 1.29 is 19.1 Å². The molecule has 2 N–H and O–H groups in total. The van der Waals surface area contributed by atoms with Crippen LogP contribution in [0.5, 0.6) is 0 Å². The first-order chi connectivity index (χ1) is 15.4. The third-order valence-corrected chi connectivity index (χ3v) is 5.81. The molecule has 1 atom stereocenters. The molecule has 0 amide bonds. The molecule has 8 heteroatoms. The van der Waals surface area contributed by atoms with Crippen LogP contribution in [0.25, 0.3) is 10.9 Å². The minimum atomic E-state index is -1.14. The number of carboxylic acid groups (broad SMARTS) is 1. The Labute approximate surface area is 182 Å². The normalized spacial score (nSPS) is 15.8. The summed E-state index contributed by atoms with van der Waals surface area (Å²) in [5.41, 5.74) is 4.42. The topological polar surface area (TPSA) is 101 Å². The number of nitrogens with zero attached hydrogens (tertiary/aromatic N) is 3. The maximum Gasteiger partial charge on any atom is 0.356 e. The van der Waals surface area contributed by atoms with Gasteiger partial charge in [0.05, 0.1) is 11.7 Å². The summed E-state index contributed by atoms with van der Waals surface area (Å²) in [6, 6.07) is 12.5. The molecule has 0 fully saturated rings. The average molecular weight is 430 g/mol. The largest absolute Gasteiger partial charge is 0.476 e. The Morgan fingerprint density at radius 1 is 1.19 bits per heavy atom. The zero-order chi connectivity index (χ0) is 22.4. The van der Waals surface area contributed by atoms with E-state index < -0.39 is 17.8 Å². The highest BCUT2D eigenvalue weighted by molar-refractivity contribution is 5.99. The quantitative estimate of drug-likeness (QED) is 0.501. The van der Waals surface area contributed by atoms with Crippen LogP contribution in [0.2, 0.25) is 0 Å². The molecule has 4 aromatic rings. The number of benzene rings is 2. The van der Waals surface area contributed by atoms with Gasteiger partial charge in [0.2, 0.25) is 0 Å². The van der Waals surface area contributed by atoms with Crippen LogP contribution in [0.15, 0.2) is 65.9 Å². The SMILES string of the molecule is CC1=C(C(=O)Cc2ccc3[nH]ncc3c2)C(c2ccc(F)cc2)n2nc(C(=O)O)cc2C1. The highest BCUT2D eigenvalue weighted by Crippen LogP contribution is 2.36. The Kier molecular flexibility index (Phi) is 4.70. The second kappa shape index (κ2) is 7.56. The number of Topliss-reactive ketones (excluding diaryl/α,β-unsaturated/α-hetero) is 1. The predicted octanol–water partition coefficient (Wildman–Crippen LogP) is 3.87. The van der Waals surface area contributed by atoms with Crippen LogP contribution >= 0.6 is 0 Å². The monoisotopic (exact) mass is 430 g/mol. The summed E-state index contributed by atoms with van der Waals surface area (Å²) in [5, 5.41) is 21.5. The van der Waals surface area contributed by atoms with Crippen LogP contribution in [0, 0.1) is 5.82 Å². The third-order valence-electron chi connectivity index (χ3n) is 5.81. The second-order valence-electron chi connectivity index (χ2n) is 7.99. The fourth-order valence-electron chi connectivity index (χ4n) is 4.34. The van der Waals surface area contributed by atoms with E-state index in [0.29, 0.717) is 23.3 Å². The average Bonchev–Trinajstić information content (AvgIpc) is 3.39. The number of fused-ring (bicyclic) bond motifs is 2. The number of nitrogens with one attached hydrogen (secondary N) is 1. The molecule has 160 valence electrons. The third kappa shape index (κ3) is 3.39. The van der Waals surface area contributed by atoms with Crippen molar-refractivity contribution in [2.45, 2.75) is 25.8 Å². The van der Waals surface area contributed by atoms with E-state index in [1.165, 1.54) is 18.2 Å². The number of rotatable bonds is 5. The molecular weight excluding hydrogens is 411 g/mol. The number of aromatic nitrogens is 4. The molecule has 3 heterocycles. The number of H-pyrrole nitrogens is 1. The summed E-state index contributed by atoms with van der Waals surface area (Å²) in [5.74, 6) is -1.61. The van der Waals surface area contributed by atoms with E-state index in [0.717, 1.165) is 22.0 Å². The molecule has 1 aliphatic heterocycles. The lowest BCUT2D eigenvalue weighted by atomic mass is 9.85. The molecule has 32 heavy (non-hydrogen) atoms. The van der Waals surface area contributed by atoms with Crippen molar-refractivity contribution in [1.29, 1.82) is 0 Å². The van der Waals surface area contributed by atoms with Crippen molar-refractivity contribution in [1.82, 2.24) is 20.0 Å². The van der Waals surface area contributed by atoms with Gasteiger partial charge in [-0.2, -0.15) is 10.2 Å². The Balaban J connectivity index is 1.57. The summed E-state index contributed by atoms with van der Waals surface area (Å²) in [6.45, 7) is 1.87. The molecule has 1 aliphatic rings. The molecule has 0 radical (unpaired) electrons. The summed E-state index contributed by atoms with van der Waals surface area (Å²) >= 11 is 0. The Bertz CT molecular complexity index is 1400. The number of halogens is 1. The van der Waals surface area contributed by atoms with Gasteiger partial charge >= 0.3 is 5.97 Å². The standard InChI is InChI=1S/C24H19FN4O3/c1-13-8-18-11-20(24(31)32)28-29(18)23(15-3-5-17(25)6-4-15)22(13)21(30)10-14-2-7-19-16(9-14)12-26-27-19/h2-7,9,11-12,23H,8,10H2,1H3,(H,26,27)(H,31,32). The molecule has 0 aliphatic carbocycles. The van der Waals surface area contributed by atoms with Crippen LogP contribution in [0.4, 0.5) is 4.39 Å². The van der Waals surface area contributed by atoms with Crippen LogP contribution < -0.4 is 0 Å². The number of hydrogen-bond acceptors (Lipinski definition) is 4. The number of hydrogen-bond donors (Lipinski definition) is 2. The number of carboxylic acids is 1. The highest BCUT2D eigenvalue weighted by atomic mass is 19.1. The maximum absolute atomic E-state index is 13.6. The van der Waals surface area contributed by atoms with Crippen LogP contribution in [0.3, 0.4) is 0 Å². The number of carbonyl (C=O) groups excluding carboxylic acids is 1. The summed E-state index contributed by atoms with van der Waals surface area (Å²) in [6.07, 6.45) is 2.30. The smallest absolute Gasteiger partial charge is 0.356 e. The van der Waals surface area contributed by atoms with Crippen molar-refractivity contribution in [2.24, 2.45) is 0 Å². The molecular formula is C24H19FN4O3. The van der Waals surface area contributed by atoms with Crippen LogP contribution in [-0.2, 0) is 17.6 Å². The van der Waals surface area contributed by atoms with Gasteiger partial charge < -0.3 is 5.11 Å². The van der Waals surface area contributed by atoms with Crippen LogP contribution in [0.1, 0.15) is 40.3 Å². The molecule has 0 saturated carbocycles. The number of aromatic amines is 1. The number of carbonyl (C=O) groups is 2. The van der Waals surface area contributed by atoms with Crippen molar-refractivity contribution in [3.05, 3.63) is 94.2 Å². The molecule has 0 spiro atoms. The van der Waals surface area contributed by atoms with E-state index in [-0.39, 0.29) is 17.9 Å². The van der Waals surface area contributed by atoms with Gasteiger partial charge in [-0.3, -0.25) is 14.6 Å². The van der Waals surface area contributed by atoms with E-state index in [9.17, 15) is 19.1 Å². The summed E-state index contributed by atoms with van der Waals surface area (Å²) < 4.78 is 15.2. The van der Waals surface area contributed by atoms with Crippen molar-refractivity contribution in [3.63, 3.8) is 0 Å². The van der Waals surface area contributed by atoms with Gasteiger partial charge in [0, 0.05) is 29.5 Å². The van der Waals surface area contributed by atoms with E-state index in [1.54, 1.807) is 23.0 Å². The summed E-state index contributed by atoms with van der Waals surface area (Å²) in [4.78, 5) is 25.1. The van der Waals surface area contributed by atoms with E-state index in [4.69, 9.17) is 0 Å². The highest BCUT2D eigenvalue weighted by Gasteiger charge is 2.33. The number of allylic oxidation sites excluding steroid dienone is 2. The first-order valence-corrected chi connectivity index (χ1v) is 10.1. The first-order valence-electron chi connectivity index (χ1n) is 10.1. The van der Waals surface area contributed by atoms with E-state index in [2.05, 4.69) is 15.3 Å². The molecule has 7 nitrogen and oxygen atoms in total. The van der Waals surface area contributed by atoms with Gasteiger partial charge in [-0.25, -0.2) is 9.18 Å². The Morgan fingerprint density at radius 3 is 2.72 bits per heavy atom. The van der Waals surface area contributed by atoms with Gasteiger partial charge in [-0.05, 0) is 48.4 Å². The minimum Gasteiger partial charge on any atom is -0.476 e.